The van der Waals surface area contributed by atoms with Crippen LogP contribution in [0, 0.1) is 5.92 Å². The Bertz CT molecular complexity index is 455. The smallest absolute Gasteiger partial charge is 0.331 e. The molecule has 0 aliphatic carbocycles. The third-order valence-corrected chi connectivity index (χ3v) is 2.81. The highest BCUT2D eigenvalue weighted by atomic mass is 16.5. The van der Waals surface area contributed by atoms with E-state index in [0.717, 1.165) is 5.46 Å². The Hall–Kier alpha value is -1.49. The van der Waals surface area contributed by atoms with Crippen molar-refractivity contribution in [2.75, 3.05) is 7.11 Å². The second-order valence-corrected chi connectivity index (χ2v) is 5.20. The summed E-state index contributed by atoms with van der Waals surface area (Å²) in [5.41, 5.74) is -0.154. The summed E-state index contributed by atoms with van der Waals surface area (Å²) >= 11 is 0. The van der Waals surface area contributed by atoms with Gasteiger partial charge in [0.25, 0.3) is 0 Å². The van der Waals surface area contributed by atoms with Crippen LogP contribution in [0.5, 0.6) is 11.5 Å². The summed E-state index contributed by atoms with van der Waals surface area (Å²) in [5.74, 6) is 0.384. The molecule has 0 spiro atoms. The molecule has 0 amide bonds. The van der Waals surface area contributed by atoms with Crippen LogP contribution in [0.2, 0.25) is 0 Å². The van der Waals surface area contributed by atoms with Crippen LogP contribution in [0.25, 0.3) is 0 Å². The molecule has 0 aromatic heterocycles. The van der Waals surface area contributed by atoms with Crippen LogP contribution in [0.3, 0.4) is 0 Å². The molecule has 103 valence electrons. The molecule has 4 nitrogen and oxygen atoms in total. The van der Waals surface area contributed by atoms with Crippen molar-refractivity contribution in [1.82, 2.24) is 0 Å². The Morgan fingerprint density at radius 3 is 2.53 bits per heavy atom. The Labute approximate surface area is 115 Å². The molecule has 0 atom stereocenters. The van der Waals surface area contributed by atoms with Crippen LogP contribution in [0.1, 0.15) is 27.7 Å². The highest BCUT2D eigenvalue weighted by molar-refractivity contribution is 6.47. The van der Waals surface area contributed by atoms with E-state index in [-0.39, 0.29) is 17.5 Å². The first kappa shape index (κ1) is 15.6. The van der Waals surface area contributed by atoms with E-state index in [1.165, 1.54) is 20.7 Å². The minimum atomic E-state index is -0.876. The summed E-state index contributed by atoms with van der Waals surface area (Å²) in [4.78, 5) is 12.0. The number of phenols is 1. The lowest BCUT2D eigenvalue weighted by Crippen LogP contribution is -2.41. The molecular weight excluding hydrogens is 243 g/mol. The number of carbonyl (C=O) groups is 1. The summed E-state index contributed by atoms with van der Waals surface area (Å²) in [6.07, 6.45) is 0. The SMILES string of the molecule is COc1cc([B]OC(C)(C)C(=O)C(C)C)ccc1O. The van der Waals surface area contributed by atoms with Crippen LogP contribution < -0.4 is 10.2 Å². The van der Waals surface area contributed by atoms with Crippen molar-refractivity contribution < 1.29 is 19.3 Å². The first-order valence-electron chi connectivity index (χ1n) is 6.20. The van der Waals surface area contributed by atoms with Gasteiger partial charge in [-0.1, -0.05) is 19.9 Å². The second-order valence-electron chi connectivity index (χ2n) is 5.20. The van der Waals surface area contributed by atoms with Gasteiger partial charge in [0.1, 0.15) is 5.60 Å². The highest BCUT2D eigenvalue weighted by Gasteiger charge is 2.30. The number of hydrogen-bond acceptors (Lipinski definition) is 4. The molecule has 19 heavy (non-hydrogen) atoms. The molecule has 0 aliphatic rings. The lowest BCUT2D eigenvalue weighted by atomic mass is 9.84. The lowest BCUT2D eigenvalue weighted by Gasteiger charge is -2.26. The van der Waals surface area contributed by atoms with Crippen LogP contribution in [-0.4, -0.2) is 31.1 Å². The van der Waals surface area contributed by atoms with Crippen LogP contribution in [0.15, 0.2) is 18.2 Å². The maximum absolute atomic E-state index is 12.0. The number of aromatic hydroxyl groups is 1. The van der Waals surface area contributed by atoms with Gasteiger partial charge in [0, 0.05) is 5.92 Å². The summed E-state index contributed by atoms with van der Waals surface area (Å²) < 4.78 is 10.6. The normalized spacial score (nSPS) is 11.5. The minimum absolute atomic E-state index is 0.0366. The van der Waals surface area contributed by atoms with Crippen molar-refractivity contribution >= 4 is 18.7 Å². The van der Waals surface area contributed by atoms with E-state index >= 15 is 0 Å². The van der Waals surface area contributed by atoms with E-state index < -0.39 is 5.60 Å². The summed E-state index contributed by atoms with van der Waals surface area (Å²) in [6, 6.07) is 4.85. The van der Waals surface area contributed by atoms with E-state index in [0.29, 0.717) is 5.75 Å². The number of phenolic OH excluding ortho intramolecular Hbond substituents is 1. The number of ketones is 1. The molecule has 0 saturated carbocycles. The van der Waals surface area contributed by atoms with Gasteiger partial charge in [-0.3, -0.25) is 4.79 Å². The van der Waals surface area contributed by atoms with Gasteiger partial charge in [0.15, 0.2) is 17.3 Å². The Morgan fingerprint density at radius 1 is 1.37 bits per heavy atom. The second kappa shape index (κ2) is 6.11. The van der Waals surface area contributed by atoms with Crippen molar-refractivity contribution in [1.29, 1.82) is 0 Å². The van der Waals surface area contributed by atoms with Gasteiger partial charge in [-0.15, -0.1) is 0 Å². The van der Waals surface area contributed by atoms with Gasteiger partial charge in [0.05, 0.1) is 7.11 Å². The van der Waals surface area contributed by atoms with E-state index in [1.807, 2.05) is 13.8 Å². The third-order valence-electron chi connectivity index (χ3n) is 2.81. The standard InChI is InChI=1S/C14H20BO4/c1-9(2)13(17)14(3,4)19-15-10-6-7-11(16)12(8-10)18-5/h6-9,16H,1-5H3. The molecule has 0 fully saturated rings. The number of rotatable bonds is 6. The molecular formula is C14H20BO4. The molecule has 5 heteroatoms. The van der Waals surface area contributed by atoms with Gasteiger partial charge in [-0.2, -0.15) is 0 Å². The lowest BCUT2D eigenvalue weighted by molar-refractivity contribution is -0.134. The maximum Gasteiger partial charge on any atom is 0.331 e. The van der Waals surface area contributed by atoms with Crippen LogP contribution in [-0.2, 0) is 9.45 Å². The van der Waals surface area contributed by atoms with E-state index in [1.54, 1.807) is 26.0 Å². The average molecular weight is 263 g/mol. The van der Waals surface area contributed by atoms with Gasteiger partial charge in [-0.25, -0.2) is 0 Å². The number of carbonyl (C=O) groups excluding carboxylic acids is 1. The van der Waals surface area contributed by atoms with Gasteiger partial charge < -0.3 is 14.5 Å². The zero-order chi connectivity index (χ0) is 14.6. The summed E-state index contributed by atoms with van der Waals surface area (Å²) in [6.45, 7) is 7.17. The molecule has 0 heterocycles. The molecule has 1 radical (unpaired) electrons. The average Bonchev–Trinajstić information content (AvgIpc) is 2.36. The molecule has 0 saturated heterocycles. The summed E-state index contributed by atoms with van der Waals surface area (Å²) in [5, 5.41) is 9.49. The first-order chi connectivity index (χ1) is 8.77. The Morgan fingerprint density at radius 2 is 2.00 bits per heavy atom. The minimum Gasteiger partial charge on any atom is -0.504 e. The Kier molecular flexibility index (Phi) is 5.00. The Balaban J connectivity index is 2.74. The molecule has 1 rings (SSSR count). The number of benzene rings is 1. The largest absolute Gasteiger partial charge is 0.504 e. The van der Waals surface area contributed by atoms with Crippen molar-refractivity contribution in [3.63, 3.8) is 0 Å². The molecule has 1 N–H and O–H groups in total. The number of ether oxygens (including phenoxy) is 1. The number of Topliss-reactive ketones (excluding diaryl/α,β-unsaturated/α-hetero) is 1. The monoisotopic (exact) mass is 263 g/mol. The molecule has 0 aliphatic heterocycles. The zero-order valence-electron chi connectivity index (χ0n) is 12.1. The quantitative estimate of drug-likeness (QED) is 0.793. The van der Waals surface area contributed by atoms with Crippen molar-refractivity contribution in [2.24, 2.45) is 5.92 Å². The topological polar surface area (TPSA) is 55.8 Å². The third kappa shape index (κ3) is 3.99. The molecule has 0 bridgehead atoms. The highest BCUT2D eigenvalue weighted by Crippen LogP contribution is 2.23. The number of hydrogen-bond donors (Lipinski definition) is 1. The zero-order valence-corrected chi connectivity index (χ0v) is 12.1. The fourth-order valence-electron chi connectivity index (χ4n) is 1.74. The fourth-order valence-corrected chi connectivity index (χ4v) is 1.74. The van der Waals surface area contributed by atoms with Crippen LogP contribution >= 0.6 is 0 Å². The van der Waals surface area contributed by atoms with Crippen LogP contribution in [0.4, 0.5) is 0 Å². The van der Waals surface area contributed by atoms with Gasteiger partial charge in [0.2, 0.25) is 0 Å². The van der Waals surface area contributed by atoms with Gasteiger partial charge >= 0.3 is 7.48 Å². The van der Waals surface area contributed by atoms with Crippen molar-refractivity contribution in [2.45, 2.75) is 33.3 Å². The van der Waals surface area contributed by atoms with Gasteiger partial charge in [-0.05, 0) is 31.4 Å². The predicted molar refractivity (Wildman–Crippen MR) is 75.1 cm³/mol. The fraction of sp³-hybridized carbons (Fsp3) is 0.500. The predicted octanol–water partition coefficient (Wildman–Crippen LogP) is 1.67. The van der Waals surface area contributed by atoms with Crippen molar-refractivity contribution in [3.8, 4) is 11.5 Å². The van der Waals surface area contributed by atoms with Crippen molar-refractivity contribution in [3.05, 3.63) is 18.2 Å². The summed E-state index contributed by atoms with van der Waals surface area (Å²) in [7, 11) is 2.98. The first-order valence-corrected chi connectivity index (χ1v) is 6.20. The maximum atomic E-state index is 12.0. The van der Waals surface area contributed by atoms with E-state index in [2.05, 4.69) is 0 Å². The van der Waals surface area contributed by atoms with E-state index in [9.17, 15) is 9.90 Å². The molecule has 0 unspecified atom stereocenters. The molecule has 1 aromatic carbocycles. The molecule has 1 aromatic rings. The van der Waals surface area contributed by atoms with E-state index in [4.69, 9.17) is 9.39 Å². The number of methoxy groups -OCH3 is 1.